The van der Waals surface area contributed by atoms with Gasteiger partial charge in [-0.15, -0.1) is 12.4 Å². The second kappa shape index (κ2) is 12.4. The van der Waals surface area contributed by atoms with Crippen molar-refractivity contribution in [3.63, 3.8) is 0 Å². The number of halogens is 2. The minimum atomic E-state index is -2.27. The van der Waals surface area contributed by atoms with Gasteiger partial charge in [0.25, 0.3) is 0 Å². The van der Waals surface area contributed by atoms with Crippen LogP contribution in [0, 0.1) is 11.7 Å². The molecular formula is C25H31ClFN3O10. The SMILES string of the molecule is COc1c(N2C[C@@H]3CCCN[C@@H]3C2)c(F)cc2c(=O)c(C(=O)O)cn(C3CC3)c12.Cl.O=C(O)C(O)C(O)C(=O)O. The summed E-state index contributed by atoms with van der Waals surface area (Å²) in [6, 6.07) is 1.62. The Hall–Kier alpha value is -3.46. The molecule has 3 fully saturated rings. The third kappa shape index (κ3) is 5.99. The zero-order valence-corrected chi connectivity index (χ0v) is 22.3. The molecule has 1 aliphatic carbocycles. The molecule has 1 aromatic carbocycles. The van der Waals surface area contributed by atoms with Gasteiger partial charge in [0.15, 0.2) is 23.8 Å². The number of aliphatic hydroxyl groups excluding tert-OH is 2. The highest BCUT2D eigenvalue weighted by molar-refractivity contribution is 5.97. The van der Waals surface area contributed by atoms with Crippen molar-refractivity contribution in [2.45, 2.75) is 50.0 Å². The van der Waals surface area contributed by atoms with Crippen LogP contribution in [-0.4, -0.2) is 93.0 Å². The Morgan fingerprint density at radius 3 is 2.20 bits per heavy atom. The van der Waals surface area contributed by atoms with E-state index in [4.69, 9.17) is 25.2 Å². The highest BCUT2D eigenvalue weighted by Gasteiger charge is 2.38. The number of aromatic carboxylic acids is 1. The van der Waals surface area contributed by atoms with E-state index >= 15 is 4.39 Å². The number of carbonyl (C=O) groups is 3. The number of benzene rings is 1. The highest BCUT2D eigenvalue weighted by Crippen LogP contribution is 2.45. The Bertz CT molecular complexity index is 1330. The standard InChI is InChI=1S/C21H24FN3O4.C4H6O6.ClH/c1-29-20-17-13(19(26)14(21(27)28)9-25(17)12-4-5-12)7-15(22)18(20)24-8-11-3-2-6-23-16(11)10-24;5-1(3(7)8)2(6)4(9)10;/h7,9,11-12,16,23H,2-6,8,10H2,1H3,(H,27,28);1-2,5-6H,(H,7,8)(H,9,10);1H/t11-,16+;;/m0../s1. The van der Waals surface area contributed by atoms with Crippen molar-refractivity contribution in [1.29, 1.82) is 0 Å². The molecule has 2 aliphatic heterocycles. The lowest BCUT2D eigenvalue weighted by Crippen LogP contribution is -2.40. The predicted molar refractivity (Wildman–Crippen MR) is 141 cm³/mol. The summed E-state index contributed by atoms with van der Waals surface area (Å²) in [5.74, 6) is -4.60. The van der Waals surface area contributed by atoms with Gasteiger partial charge >= 0.3 is 17.9 Å². The Morgan fingerprint density at radius 2 is 1.70 bits per heavy atom. The molecule has 3 heterocycles. The fourth-order valence-corrected chi connectivity index (χ4v) is 5.22. The molecule has 4 atom stereocenters. The highest BCUT2D eigenvalue weighted by atomic mass is 35.5. The molecule has 3 aliphatic rings. The van der Waals surface area contributed by atoms with Crippen molar-refractivity contribution >= 4 is 46.9 Å². The number of hydrogen-bond donors (Lipinski definition) is 6. The van der Waals surface area contributed by atoms with Crippen LogP contribution in [0.3, 0.4) is 0 Å². The molecule has 6 N–H and O–H groups in total. The topological polar surface area (TPSA) is 199 Å². The Balaban J connectivity index is 0.000000346. The minimum absolute atomic E-state index is 0. The first kappa shape index (κ1) is 31.1. The second-order valence-electron chi connectivity index (χ2n) is 9.89. The average molecular weight is 588 g/mol. The van der Waals surface area contributed by atoms with E-state index in [9.17, 15) is 24.3 Å². The summed E-state index contributed by atoms with van der Waals surface area (Å²) in [5, 5.41) is 45.5. The van der Waals surface area contributed by atoms with Gasteiger partial charge in [-0.2, -0.15) is 0 Å². The van der Waals surface area contributed by atoms with Crippen LogP contribution in [-0.2, 0) is 9.59 Å². The van der Waals surface area contributed by atoms with Crippen molar-refractivity contribution in [2.24, 2.45) is 5.92 Å². The smallest absolute Gasteiger partial charge is 0.341 e. The molecule has 220 valence electrons. The fraction of sp³-hybridized carbons (Fsp3) is 0.520. The molecule has 5 rings (SSSR count). The van der Waals surface area contributed by atoms with Crippen LogP contribution in [0.1, 0.15) is 42.1 Å². The normalized spacial score (nSPS) is 21.4. The van der Waals surface area contributed by atoms with Gasteiger partial charge in [0, 0.05) is 31.4 Å². The molecule has 1 aromatic heterocycles. The summed E-state index contributed by atoms with van der Waals surface area (Å²) in [6.07, 6.45) is 0.872. The summed E-state index contributed by atoms with van der Waals surface area (Å²) in [5.41, 5.74) is -0.155. The number of nitrogens with one attached hydrogen (secondary N) is 1. The lowest BCUT2D eigenvalue weighted by molar-refractivity contribution is -0.165. The number of aromatic nitrogens is 1. The van der Waals surface area contributed by atoms with Crippen LogP contribution in [0.2, 0.25) is 0 Å². The lowest BCUT2D eigenvalue weighted by Gasteiger charge is -2.25. The van der Waals surface area contributed by atoms with Gasteiger partial charge in [0.2, 0.25) is 5.43 Å². The molecule has 2 saturated heterocycles. The Kier molecular flexibility index (Phi) is 9.61. The number of aliphatic carboxylic acids is 2. The van der Waals surface area contributed by atoms with E-state index in [0.717, 1.165) is 38.8 Å². The van der Waals surface area contributed by atoms with Gasteiger partial charge in [-0.05, 0) is 44.2 Å². The van der Waals surface area contributed by atoms with E-state index in [1.54, 1.807) is 4.57 Å². The third-order valence-corrected chi connectivity index (χ3v) is 7.29. The number of fused-ring (bicyclic) bond motifs is 2. The predicted octanol–water partition coefficient (Wildman–Crippen LogP) is 0.670. The van der Waals surface area contributed by atoms with Crippen LogP contribution < -0.4 is 20.4 Å². The first-order chi connectivity index (χ1) is 18.5. The number of carboxylic acids is 3. The quantitative estimate of drug-likeness (QED) is 0.265. The van der Waals surface area contributed by atoms with Crippen LogP contribution in [0.4, 0.5) is 10.1 Å². The molecule has 0 spiro atoms. The zero-order chi connectivity index (χ0) is 28.6. The van der Waals surface area contributed by atoms with Crippen molar-refractivity contribution in [2.75, 3.05) is 31.6 Å². The van der Waals surface area contributed by atoms with E-state index in [2.05, 4.69) is 5.32 Å². The maximum absolute atomic E-state index is 15.3. The molecule has 0 bridgehead atoms. The summed E-state index contributed by atoms with van der Waals surface area (Å²) >= 11 is 0. The first-order valence-electron chi connectivity index (χ1n) is 12.4. The third-order valence-electron chi connectivity index (χ3n) is 7.29. The number of pyridine rings is 1. The van der Waals surface area contributed by atoms with E-state index in [0.29, 0.717) is 35.5 Å². The Morgan fingerprint density at radius 1 is 1.07 bits per heavy atom. The number of piperidine rings is 1. The van der Waals surface area contributed by atoms with E-state index in [1.807, 2.05) is 4.90 Å². The summed E-state index contributed by atoms with van der Waals surface area (Å²) in [7, 11) is 1.48. The molecule has 15 heteroatoms. The molecule has 0 radical (unpaired) electrons. The average Bonchev–Trinajstić information content (AvgIpc) is 3.65. The lowest BCUT2D eigenvalue weighted by atomic mass is 9.94. The van der Waals surface area contributed by atoms with Gasteiger partial charge < -0.3 is 45.1 Å². The van der Waals surface area contributed by atoms with E-state index < -0.39 is 41.4 Å². The van der Waals surface area contributed by atoms with Crippen molar-refractivity contribution in [3.05, 3.63) is 33.9 Å². The molecule has 2 aromatic rings. The van der Waals surface area contributed by atoms with Crippen molar-refractivity contribution in [3.8, 4) is 5.75 Å². The number of rotatable bonds is 7. The van der Waals surface area contributed by atoms with Crippen LogP contribution in [0.25, 0.3) is 10.9 Å². The molecule has 13 nitrogen and oxygen atoms in total. The number of hydrogen-bond acceptors (Lipinski definition) is 9. The molecule has 40 heavy (non-hydrogen) atoms. The monoisotopic (exact) mass is 587 g/mol. The van der Waals surface area contributed by atoms with E-state index in [-0.39, 0.29) is 29.4 Å². The molecule has 2 unspecified atom stereocenters. The number of anilines is 1. The minimum Gasteiger partial charge on any atom is -0.492 e. The molecule has 1 saturated carbocycles. The zero-order valence-electron chi connectivity index (χ0n) is 21.4. The maximum atomic E-state index is 15.3. The second-order valence-corrected chi connectivity index (χ2v) is 9.89. The van der Waals surface area contributed by atoms with Crippen molar-refractivity contribution < 1.29 is 49.0 Å². The van der Waals surface area contributed by atoms with Crippen LogP contribution in [0.15, 0.2) is 17.1 Å². The fourth-order valence-electron chi connectivity index (χ4n) is 5.22. The van der Waals surface area contributed by atoms with Crippen LogP contribution >= 0.6 is 12.4 Å². The number of ether oxygens (including phenoxy) is 1. The van der Waals surface area contributed by atoms with Crippen LogP contribution in [0.5, 0.6) is 5.75 Å². The van der Waals surface area contributed by atoms with Crippen molar-refractivity contribution in [1.82, 2.24) is 9.88 Å². The van der Waals surface area contributed by atoms with Gasteiger partial charge in [0.1, 0.15) is 11.3 Å². The maximum Gasteiger partial charge on any atom is 0.341 e. The van der Waals surface area contributed by atoms with Gasteiger partial charge in [-0.3, -0.25) is 4.79 Å². The van der Waals surface area contributed by atoms with Gasteiger partial charge in [0.05, 0.1) is 18.0 Å². The summed E-state index contributed by atoms with van der Waals surface area (Å²) in [6.45, 7) is 2.40. The Labute approximate surface area is 233 Å². The van der Waals surface area contributed by atoms with E-state index in [1.165, 1.54) is 19.4 Å². The number of methoxy groups -OCH3 is 1. The molecule has 0 amide bonds. The number of carboxylic acid groups (broad SMARTS) is 3. The summed E-state index contributed by atoms with van der Waals surface area (Å²) in [4.78, 5) is 45.9. The summed E-state index contributed by atoms with van der Waals surface area (Å²) < 4.78 is 22.8. The number of aliphatic hydroxyl groups is 2. The van der Waals surface area contributed by atoms with Gasteiger partial charge in [-0.1, -0.05) is 0 Å². The largest absolute Gasteiger partial charge is 0.492 e. The number of nitrogens with zero attached hydrogens (tertiary/aromatic N) is 2. The first-order valence-corrected chi connectivity index (χ1v) is 12.4. The molecular weight excluding hydrogens is 557 g/mol. The van der Waals surface area contributed by atoms with Gasteiger partial charge in [-0.25, -0.2) is 18.8 Å².